The Morgan fingerprint density at radius 1 is 1.14 bits per heavy atom. The molecule has 0 spiro atoms. The van der Waals surface area contributed by atoms with Crippen LogP contribution in [0.15, 0.2) is 36.7 Å². The first-order valence-corrected chi connectivity index (χ1v) is 11.6. The number of hydrogen-bond donors (Lipinski definition) is 2. The summed E-state index contributed by atoms with van der Waals surface area (Å²) in [6.07, 6.45) is 1.63. The van der Waals surface area contributed by atoms with Gasteiger partial charge in [-0.3, -0.25) is 9.59 Å². The number of hydrogen-bond acceptors (Lipinski definition) is 5. The van der Waals surface area contributed by atoms with Crippen LogP contribution < -0.4 is 10.6 Å². The van der Waals surface area contributed by atoms with Crippen LogP contribution in [0.4, 0.5) is 10.2 Å². The molecule has 2 heterocycles. The second kappa shape index (κ2) is 10.3. The minimum absolute atomic E-state index is 0.0682. The van der Waals surface area contributed by atoms with Crippen LogP contribution >= 0.6 is 0 Å². The van der Waals surface area contributed by atoms with Gasteiger partial charge in [-0.2, -0.15) is 0 Å². The summed E-state index contributed by atoms with van der Waals surface area (Å²) < 4.78 is 16.7. The monoisotopic (exact) mass is 480 g/mol. The zero-order valence-corrected chi connectivity index (χ0v) is 21.3. The van der Waals surface area contributed by atoms with Gasteiger partial charge in [0, 0.05) is 18.0 Å². The lowest BCUT2D eigenvalue weighted by atomic mass is 9.92. The molecule has 8 nitrogen and oxygen atoms in total. The Morgan fingerprint density at radius 2 is 1.86 bits per heavy atom. The molecule has 35 heavy (non-hydrogen) atoms. The molecule has 0 saturated carbocycles. The Hall–Kier alpha value is -3.62. The quantitative estimate of drug-likeness (QED) is 0.502. The van der Waals surface area contributed by atoms with Crippen LogP contribution in [-0.4, -0.2) is 38.1 Å². The van der Waals surface area contributed by atoms with E-state index in [1.54, 1.807) is 37.5 Å². The number of halogens is 1. The molecule has 9 heteroatoms. The van der Waals surface area contributed by atoms with Crippen molar-refractivity contribution in [1.29, 1.82) is 0 Å². The predicted molar refractivity (Wildman–Crippen MR) is 134 cm³/mol. The minimum atomic E-state index is -0.620. The Morgan fingerprint density at radius 3 is 2.51 bits per heavy atom. The Balaban J connectivity index is 1.81. The van der Waals surface area contributed by atoms with Crippen LogP contribution in [0.3, 0.4) is 0 Å². The molecule has 0 saturated heterocycles. The van der Waals surface area contributed by atoms with E-state index in [2.05, 4.69) is 25.8 Å². The molecule has 3 rings (SSSR count). The van der Waals surface area contributed by atoms with Gasteiger partial charge in [-0.25, -0.2) is 9.37 Å². The minimum Gasteiger partial charge on any atom is -0.355 e. The molecule has 1 unspecified atom stereocenters. The molecule has 2 aromatic heterocycles. The van der Waals surface area contributed by atoms with E-state index in [9.17, 15) is 14.0 Å². The first-order valence-electron chi connectivity index (χ1n) is 11.6. The van der Waals surface area contributed by atoms with Gasteiger partial charge in [-0.1, -0.05) is 33.8 Å². The Labute approximate surface area is 205 Å². The highest BCUT2D eigenvalue weighted by Crippen LogP contribution is 2.25. The normalized spacial score (nSPS) is 12.5. The molecule has 2 N–H and O–H groups in total. The van der Waals surface area contributed by atoms with E-state index < -0.39 is 17.1 Å². The first kappa shape index (κ1) is 26.0. The molecule has 3 aromatic rings. The molecule has 0 aliphatic carbocycles. The summed E-state index contributed by atoms with van der Waals surface area (Å²) in [6, 6.07) is 8.18. The van der Waals surface area contributed by atoms with Crippen molar-refractivity contribution in [2.45, 2.75) is 60.4 Å². The van der Waals surface area contributed by atoms with Gasteiger partial charge in [0.05, 0.1) is 5.56 Å². The van der Waals surface area contributed by atoms with Gasteiger partial charge in [0.1, 0.15) is 23.7 Å². The highest BCUT2D eigenvalue weighted by Gasteiger charge is 2.23. The number of aryl methyl sites for hydroxylation is 1. The van der Waals surface area contributed by atoms with Crippen molar-refractivity contribution in [2.75, 3.05) is 11.9 Å². The third-order valence-corrected chi connectivity index (χ3v) is 5.73. The summed E-state index contributed by atoms with van der Waals surface area (Å²) >= 11 is 0. The maximum Gasteiger partial charge on any atom is 0.259 e. The van der Waals surface area contributed by atoms with Crippen LogP contribution in [0, 0.1) is 18.2 Å². The van der Waals surface area contributed by atoms with Crippen LogP contribution in [0.5, 0.6) is 0 Å². The van der Waals surface area contributed by atoms with Gasteiger partial charge in [0.2, 0.25) is 5.91 Å². The van der Waals surface area contributed by atoms with E-state index in [0.717, 1.165) is 5.56 Å². The number of aromatic nitrogens is 4. The number of carbonyl (C=O) groups excluding carboxylic acids is 2. The van der Waals surface area contributed by atoms with Crippen molar-refractivity contribution in [1.82, 2.24) is 25.1 Å². The van der Waals surface area contributed by atoms with Gasteiger partial charge in [0.15, 0.2) is 5.82 Å². The summed E-state index contributed by atoms with van der Waals surface area (Å²) in [4.78, 5) is 29.7. The number of benzene rings is 1. The predicted octanol–water partition coefficient (Wildman–Crippen LogP) is 4.89. The van der Waals surface area contributed by atoms with Crippen LogP contribution in [0.25, 0.3) is 11.5 Å². The lowest BCUT2D eigenvalue weighted by molar-refractivity contribution is -0.128. The fraction of sp³-hybridized carbons (Fsp3) is 0.423. The van der Waals surface area contributed by atoms with E-state index in [4.69, 9.17) is 0 Å². The number of rotatable bonds is 7. The fourth-order valence-corrected chi connectivity index (χ4v) is 3.63. The van der Waals surface area contributed by atoms with E-state index in [1.165, 1.54) is 6.07 Å². The van der Waals surface area contributed by atoms with E-state index in [-0.39, 0.29) is 29.2 Å². The molecule has 0 bridgehead atoms. The van der Waals surface area contributed by atoms with Crippen LogP contribution in [-0.2, 0) is 4.79 Å². The molecule has 186 valence electrons. The van der Waals surface area contributed by atoms with Crippen LogP contribution in [0.1, 0.15) is 75.0 Å². The maximum atomic E-state index is 14.8. The molecule has 1 aromatic carbocycles. The number of pyridine rings is 1. The van der Waals surface area contributed by atoms with Crippen molar-refractivity contribution < 1.29 is 14.0 Å². The fourth-order valence-electron chi connectivity index (χ4n) is 3.63. The van der Waals surface area contributed by atoms with Crippen molar-refractivity contribution in [2.24, 2.45) is 5.41 Å². The maximum absolute atomic E-state index is 14.8. The van der Waals surface area contributed by atoms with Crippen LogP contribution in [0.2, 0.25) is 0 Å². The standard InChI is InChI=1S/C26H33FN6O2/c1-15(2)33-14-29-32-23(33)21-9-8-10-22(30-21)31-24(34)19-12-18(16(3)11-20(19)27)17(4)13-28-25(35)26(5,6)7/h8-12,14-15,17H,13H2,1-7H3,(H,28,35)(H,30,31,34). The van der Waals surface area contributed by atoms with E-state index >= 15 is 0 Å². The highest BCUT2D eigenvalue weighted by atomic mass is 19.1. The molecular formula is C26H33FN6O2. The van der Waals surface area contributed by atoms with Gasteiger partial charge >= 0.3 is 0 Å². The largest absolute Gasteiger partial charge is 0.355 e. The SMILES string of the molecule is Cc1cc(F)c(C(=O)Nc2cccc(-c3nncn3C(C)C)n2)cc1C(C)CNC(=O)C(C)(C)C. The average Bonchev–Trinajstić information content (AvgIpc) is 3.27. The summed E-state index contributed by atoms with van der Waals surface area (Å²) in [5.74, 6) is -0.558. The number of nitrogens with zero attached hydrogens (tertiary/aromatic N) is 4. The lowest BCUT2D eigenvalue weighted by Gasteiger charge is -2.21. The summed E-state index contributed by atoms with van der Waals surface area (Å²) in [6.45, 7) is 13.6. The Kier molecular flexibility index (Phi) is 7.67. The van der Waals surface area contributed by atoms with E-state index in [0.29, 0.717) is 23.6 Å². The van der Waals surface area contributed by atoms with Crippen molar-refractivity contribution in [3.8, 4) is 11.5 Å². The smallest absolute Gasteiger partial charge is 0.259 e. The van der Waals surface area contributed by atoms with E-state index in [1.807, 2.05) is 46.1 Å². The second-order valence-electron chi connectivity index (χ2n) is 10.1. The topological polar surface area (TPSA) is 102 Å². The summed E-state index contributed by atoms with van der Waals surface area (Å²) in [7, 11) is 0. The van der Waals surface area contributed by atoms with Gasteiger partial charge in [-0.05, 0) is 62.1 Å². The van der Waals surface area contributed by atoms with Gasteiger partial charge in [0.25, 0.3) is 5.91 Å². The average molecular weight is 481 g/mol. The van der Waals surface area contributed by atoms with Crippen molar-refractivity contribution in [3.05, 3.63) is 59.2 Å². The highest BCUT2D eigenvalue weighted by molar-refractivity contribution is 6.04. The Bertz CT molecular complexity index is 1230. The molecule has 0 radical (unpaired) electrons. The molecular weight excluding hydrogens is 447 g/mol. The molecule has 2 amide bonds. The second-order valence-corrected chi connectivity index (χ2v) is 10.1. The number of amides is 2. The number of carbonyl (C=O) groups is 2. The lowest BCUT2D eigenvalue weighted by Crippen LogP contribution is -2.36. The molecule has 0 aliphatic heterocycles. The van der Waals surface area contributed by atoms with Gasteiger partial charge in [-0.15, -0.1) is 10.2 Å². The summed E-state index contributed by atoms with van der Waals surface area (Å²) in [5.41, 5.74) is 1.45. The van der Waals surface area contributed by atoms with Gasteiger partial charge < -0.3 is 15.2 Å². The number of anilines is 1. The molecule has 0 fully saturated rings. The first-order chi connectivity index (χ1) is 16.4. The zero-order chi connectivity index (χ0) is 25.9. The number of nitrogens with one attached hydrogen (secondary N) is 2. The third kappa shape index (κ3) is 6.09. The molecule has 0 aliphatic rings. The zero-order valence-electron chi connectivity index (χ0n) is 21.3. The van der Waals surface area contributed by atoms with Crippen molar-refractivity contribution in [3.63, 3.8) is 0 Å². The third-order valence-electron chi connectivity index (χ3n) is 5.73. The van der Waals surface area contributed by atoms with Crippen molar-refractivity contribution >= 4 is 17.6 Å². The molecule has 1 atom stereocenters. The summed E-state index contributed by atoms with van der Waals surface area (Å²) in [5, 5.41) is 13.7.